The van der Waals surface area contributed by atoms with Gasteiger partial charge in [-0.15, -0.1) is 0 Å². The van der Waals surface area contributed by atoms with E-state index in [1.807, 2.05) is 24.3 Å². The normalized spacial score (nSPS) is 24.0. The van der Waals surface area contributed by atoms with Gasteiger partial charge in [-0.2, -0.15) is 0 Å². The standard InChI is InChI=1S/C25H31N3O5/c1-3-25(17-7-5-4-6-8-17)15-33-22-19(24(30)27-2)11-16(12-20(22)25)23(29)28-10-9-21-31-13-18(26)14-32-21/h4-8,11-12,18,21H,3,9-10,13-15,26H2,1-2H3,(H,27,30)(H,28,29). The van der Waals surface area contributed by atoms with Crippen LogP contribution in [0.4, 0.5) is 0 Å². The number of amides is 2. The highest BCUT2D eigenvalue weighted by atomic mass is 16.7. The van der Waals surface area contributed by atoms with Gasteiger partial charge in [0.25, 0.3) is 11.8 Å². The van der Waals surface area contributed by atoms with E-state index in [9.17, 15) is 9.59 Å². The van der Waals surface area contributed by atoms with Crippen molar-refractivity contribution in [2.45, 2.75) is 37.5 Å². The second-order valence-electron chi connectivity index (χ2n) is 8.47. The lowest BCUT2D eigenvalue weighted by Crippen LogP contribution is -2.42. The van der Waals surface area contributed by atoms with Crippen LogP contribution in [0.1, 0.15) is 51.6 Å². The van der Waals surface area contributed by atoms with E-state index in [-0.39, 0.29) is 24.1 Å². The molecule has 0 spiro atoms. The van der Waals surface area contributed by atoms with Crippen molar-refractivity contribution in [1.29, 1.82) is 0 Å². The lowest BCUT2D eigenvalue weighted by molar-refractivity contribution is -0.186. The summed E-state index contributed by atoms with van der Waals surface area (Å²) in [7, 11) is 1.57. The minimum Gasteiger partial charge on any atom is -0.491 e. The third-order valence-electron chi connectivity index (χ3n) is 6.39. The van der Waals surface area contributed by atoms with Crippen molar-refractivity contribution in [3.05, 3.63) is 64.7 Å². The van der Waals surface area contributed by atoms with Gasteiger partial charge in [0.1, 0.15) is 12.4 Å². The molecule has 0 aliphatic carbocycles. The van der Waals surface area contributed by atoms with Gasteiger partial charge in [-0.05, 0) is 24.1 Å². The average molecular weight is 454 g/mol. The number of hydrogen-bond acceptors (Lipinski definition) is 6. The van der Waals surface area contributed by atoms with Crippen LogP contribution in [0.2, 0.25) is 0 Å². The fraction of sp³-hybridized carbons (Fsp3) is 0.440. The summed E-state index contributed by atoms with van der Waals surface area (Å²) in [4.78, 5) is 25.7. The van der Waals surface area contributed by atoms with Crippen molar-refractivity contribution in [1.82, 2.24) is 10.6 Å². The lowest BCUT2D eigenvalue weighted by Gasteiger charge is -2.28. The van der Waals surface area contributed by atoms with Gasteiger partial charge < -0.3 is 30.6 Å². The second-order valence-corrected chi connectivity index (χ2v) is 8.47. The molecule has 176 valence electrons. The maximum Gasteiger partial charge on any atom is 0.254 e. The summed E-state index contributed by atoms with van der Waals surface area (Å²) in [5, 5.41) is 5.57. The number of hydrogen-bond donors (Lipinski definition) is 3. The first-order valence-electron chi connectivity index (χ1n) is 11.3. The van der Waals surface area contributed by atoms with Crippen LogP contribution >= 0.6 is 0 Å². The van der Waals surface area contributed by atoms with Gasteiger partial charge >= 0.3 is 0 Å². The number of ether oxygens (including phenoxy) is 3. The zero-order chi connectivity index (χ0) is 23.4. The Labute approximate surface area is 193 Å². The van der Waals surface area contributed by atoms with Gasteiger partial charge in [-0.25, -0.2) is 0 Å². The molecule has 1 unspecified atom stereocenters. The summed E-state index contributed by atoms with van der Waals surface area (Å²) in [6, 6.07) is 13.4. The van der Waals surface area contributed by atoms with Crippen LogP contribution in [0.3, 0.4) is 0 Å². The van der Waals surface area contributed by atoms with Crippen molar-refractivity contribution < 1.29 is 23.8 Å². The van der Waals surface area contributed by atoms with Crippen LogP contribution in [0.5, 0.6) is 5.75 Å². The highest BCUT2D eigenvalue weighted by Gasteiger charge is 2.43. The summed E-state index contributed by atoms with van der Waals surface area (Å²) < 4.78 is 17.1. The Morgan fingerprint density at radius 1 is 1.12 bits per heavy atom. The van der Waals surface area contributed by atoms with Crippen molar-refractivity contribution >= 4 is 11.8 Å². The third kappa shape index (κ3) is 4.59. The van der Waals surface area contributed by atoms with Crippen LogP contribution in [-0.4, -0.2) is 57.6 Å². The molecule has 8 heteroatoms. The van der Waals surface area contributed by atoms with Crippen LogP contribution in [0.15, 0.2) is 42.5 Å². The molecule has 0 bridgehead atoms. The van der Waals surface area contributed by atoms with Crippen molar-refractivity contribution in [2.75, 3.05) is 33.4 Å². The van der Waals surface area contributed by atoms with E-state index in [1.54, 1.807) is 13.1 Å². The van der Waals surface area contributed by atoms with Gasteiger partial charge in [-0.3, -0.25) is 9.59 Å². The Morgan fingerprint density at radius 3 is 2.52 bits per heavy atom. The molecule has 2 heterocycles. The largest absolute Gasteiger partial charge is 0.491 e. The Kier molecular flexibility index (Phi) is 6.97. The van der Waals surface area contributed by atoms with Gasteiger partial charge in [0, 0.05) is 31.1 Å². The monoisotopic (exact) mass is 453 g/mol. The molecular formula is C25H31N3O5. The van der Waals surface area contributed by atoms with Gasteiger partial charge in [0.05, 0.1) is 30.2 Å². The first-order valence-corrected chi connectivity index (χ1v) is 11.3. The summed E-state index contributed by atoms with van der Waals surface area (Å²) in [5.41, 5.74) is 8.05. The maximum atomic E-state index is 13.1. The molecule has 1 atom stereocenters. The molecule has 2 aromatic carbocycles. The predicted octanol–water partition coefficient (Wildman–Crippen LogP) is 1.95. The highest BCUT2D eigenvalue weighted by molar-refractivity contribution is 6.02. The van der Waals surface area contributed by atoms with E-state index >= 15 is 0 Å². The molecule has 4 rings (SSSR count). The third-order valence-corrected chi connectivity index (χ3v) is 6.39. The Morgan fingerprint density at radius 2 is 1.85 bits per heavy atom. The first-order chi connectivity index (χ1) is 16.0. The molecule has 0 saturated carbocycles. The number of carbonyl (C=O) groups is 2. The van der Waals surface area contributed by atoms with Crippen molar-refractivity contribution in [3.8, 4) is 5.75 Å². The zero-order valence-corrected chi connectivity index (χ0v) is 19.1. The molecule has 1 saturated heterocycles. The molecule has 8 nitrogen and oxygen atoms in total. The van der Waals surface area contributed by atoms with Crippen molar-refractivity contribution in [3.63, 3.8) is 0 Å². The fourth-order valence-corrected chi connectivity index (χ4v) is 4.47. The van der Waals surface area contributed by atoms with E-state index in [1.165, 1.54) is 0 Å². The lowest BCUT2D eigenvalue weighted by atomic mass is 9.73. The molecule has 0 radical (unpaired) electrons. The molecule has 1 fully saturated rings. The van der Waals surface area contributed by atoms with Crippen LogP contribution in [-0.2, 0) is 14.9 Å². The Bertz CT molecular complexity index is 1000. The maximum absolute atomic E-state index is 13.1. The van der Waals surface area contributed by atoms with Crippen LogP contribution < -0.4 is 21.1 Å². The Balaban J connectivity index is 1.60. The van der Waals surface area contributed by atoms with Gasteiger partial charge in [-0.1, -0.05) is 37.3 Å². The molecule has 2 aliphatic heterocycles. The van der Waals surface area contributed by atoms with E-state index in [0.717, 1.165) is 17.5 Å². The highest BCUT2D eigenvalue weighted by Crippen LogP contribution is 2.47. The topological polar surface area (TPSA) is 112 Å². The summed E-state index contributed by atoms with van der Waals surface area (Å²) in [6.45, 7) is 3.76. The molecule has 2 amide bonds. The fourth-order valence-electron chi connectivity index (χ4n) is 4.47. The Hall–Kier alpha value is -2.94. The van der Waals surface area contributed by atoms with Crippen LogP contribution in [0, 0.1) is 0 Å². The van der Waals surface area contributed by atoms with E-state index in [4.69, 9.17) is 19.9 Å². The summed E-state index contributed by atoms with van der Waals surface area (Å²) in [5.74, 6) is -0.0152. The van der Waals surface area contributed by atoms with E-state index < -0.39 is 5.41 Å². The molecule has 2 aromatic rings. The molecule has 0 aromatic heterocycles. The van der Waals surface area contributed by atoms with E-state index in [2.05, 4.69) is 29.7 Å². The van der Waals surface area contributed by atoms with Gasteiger partial charge in [0.15, 0.2) is 6.29 Å². The van der Waals surface area contributed by atoms with E-state index in [0.29, 0.717) is 49.7 Å². The number of nitrogens with two attached hydrogens (primary N) is 1. The molecule has 4 N–H and O–H groups in total. The van der Waals surface area contributed by atoms with Crippen LogP contribution in [0.25, 0.3) is 0 Å². The molecular weight excluding hydrogens is 422 g/mol. The number of fused-ring (bicyclic) bond motifs is 1. The first kappa shape index (κ1) is 23.2. The average Bonchev–Trinajstić information content (AvgIpc) is 3.24. The number of benzene rings is 2. The number of rotatable bonds is 7. The zero-order valence-electron chi connectivity index (χ0n) is 19.1. The van der Waals surface area contributed by atoms with Gasteiger partial charge in [0.2, 0.25) is 0 Å². The minimum absolute atomic E-state index is 0.115. The number of nitrogens with one attached hydrogen (secondary N) is 2. The smallest absolute Gasteiger partial charge is 0.254 e. The summed E-state index contributed by atoms with van der Waals surface area (Å²) in [6.07, 6.45) is 0.893. The SMILES string of the molecule is CCC1(c2ccccc2)COc2c(C(=O)NC)cc(C(=O)NCCC3OCC(N)CO3)cc21. The molecule has 2 aliphatic rings. The van der Waals surface area contributed by atoms with Crippen molar-refractivity contribution in [2.24, 2.45) is 5.73 Å². The molecule has 33 heavy (non-hydrogen) atoms. The second kappa shape index (κ2) is 9.91. The predicted molar refractivity (Wildman–Crippen MR) is 123 cm³/mol. The number of carbonyl (C=O) groups excluding carboxylic acids is 2. The summed E-state index contributed by atoms with van der Waals surface area (Å²) >= 11 is 0. The minimum atomic E-state index is -0.432. The quantitative estimate of drug-likeness (QED) is 0.591.